The monoisotopic (exact) mass is 807 g/mol. The van der Waals surface area contributed by atoms with Gasteiger partial charge in [-0.1, -0.05) is 206 Å². The summed E-state index contributed by atoms with van der Waals surface area (Å²) in [5, 5.41) is 19.1. The molecule has 0 heterocycles. The summed E-state index contributed by atoms with van der Waals surface area (Å²) in [5.41, 5.74) is 0. The Morgan fingerprint density at radius 1 is 0.418 bits per heavy atom. The maximum absolute atomic E-state index is 12.3. The molecule has 3 atom stereocenters. The second-order valence-corrected chi connectivity index (χ2v) is 17.2. The van der Waals surface area contributed by atoms with Crippen molar-refractivity contribution in [3.63, 3.8) is 0 Å². The van der Waals surface area contributed by atoms with Gasteiger partial charge in [0.25, 0.3) is 0 Å². The van der Waals surface area contributed by atoms with Gasteiger partial charge in [-0.3, -0.25) is 18.6 Å². The summed E-state index contributed by atoms with van der Waals surface area (Å²) in [6.45, 7) is 2.22. The number of carbonyl (C=O) groups is 2. The van der Waals surface area contributed by atoms with Crippen LogP contribution in [0.5, 0.6) is 0 Å². The molecule has 0 saturated carbocycles. The van der Waals surface area contributed by atoms with Gasteiger partial charge in [0.15, 0.2) is 0 Å². The van der Waals surface area contributed by atoms with Gasteiger partial charge in [0.1, 0.15) is 12.2 Å². The topological polar surface area (TPSA) is 149 Å². The Balaban J connectivity index is 3.76. The highest BCUT2D eigenvalue weighted by atomic mass is 31.2. The van der Waals surface area contributed by atoms with Crippen molar-refractivity contribution in [1.82, 2.24) is 0 Å². The first kappa shape index (κ1) is 54.0. The third kappa shape index (κ3) is 39.6. The van der Waals surface area contributed by atoms with Gasteiger partial charge in [-0.05, 0) is 12.8 Å². The Hall–Kier alpha value is -1.03. The van der Waals surface area contributed by atoms with Crippen LogP contribution in [0.15, 0.2) is 0 Å². The van der Waals surface area contributed by atoms with Crippen molar-refractivity contribution in [3.05, 3.63) is 0 Å². The number of aliphatic hydroxyl groups is 2. The molecule has 0 amide bonds. The highest BCUT2D eigenvalue weighted by molar-refractivity contribution is 7.47. The summed E-state index contributed by atoms with van der Waals surface area (Å²) >= 11 is 0. The number of phosphoric ester groups is 1. The summed E-state index contributed by atoms with van der Waals surface area (Å²) in [4.78, 5) is 34.4. The SMILES string of the molecule is CCCCCCCCCCCCCCCCCCCCCCCCCC(=O)OC(CO)COP(=O)(O)OCC(CO)OC(=O)CCCCCCCCCCC. The fourth-order valence-electron chi connectivity index (χ4n) is 6.76. The first-order valence-corrected chi connectivity index (χ1v) is 24.5. The highest BCUT2D eigenvalue weighted by Crippen LogP contribution is 2.43. The van der Waals surface area contributed by atoms with Crippen molar-refractivity contribution < 1.29 is 47.8 Å². The summed E-state index contributed by atoms with van der Waals surface area (Å²) in [6, 6.07) is 0. The van der Waals surface area contributed by atoms with Crippen molar-refractivity contribution in [2.45, 2.75) is 244 Å². The van der Waals surface area contributed by atoms with E-state index in [0.29, 0.717) is 12.8 Å². The first-order chi connectivity index (χ1) is 26.8. The Morgan fingerprint density at radius 3 is 0.855 bits per heavy atom. The molecule has 0 radical (unpaired) electrons. The Morgan fingerprint density at radius 2 is 0.636 bits per heavy atom. The minimum Gasteiger partial charge on any atom is -0.457 e. The standard InChI is InChI=1S/C44H87O10P/c1-3-5-7-9-11-13-14-15-16-17-18-19-20-21-22-23-24-25-26-28-30-32-34-36-44(48)54-42(38-46)40-52-55(49,50)51-39-41(37-45)53-43(47)35-33-31-29-27-12-10-8-6-4-2/h41-42,45-46H,3-40H2,1-2H3,(H,49,50). The molecule has 328 valence electrons. The lowest BCUT2D eigenvalue weighted by Gasteiger charge is -2.20. The van der Waals surface area contributed by atoms with E-state index < -0.39 is 58.4 Å². The van der Waals surface area contributed by atoms with Crippen LogP contribution in [0.2, 0.25) is 0 Å². The van der Waals surface area contributed by atoms with Crippen molar-refractivity contribution in [3.8, 4) is 0 Å². The number of esters is 2. The average molecular weight is 807 g/mol. The van der Waals surface area contributed by atoms with Gasteiger partial charge in [0, 0.05) is 12.8 Å². The largest absolute Gasteiger partial charge is 0.472 e. The summed E-state index contributed by atoms with van der Waals surface area (Å²) in [5.74, 6) is -1.01. The second kappa shape index (κ2) is 41.1. The van der Waals surface area contributed by atoms with E-state index in [1.165, 1.54) is 154 Å². The van der Waals surface area contributed by atoms with E-state index in [9.17, 15) is 29.3 Å². The van der Waals surface area contributed by atoms with Crippen LogP contribution in [0, 0.1) is 0 Å². The zero-order chi connectivity index (χ0) is 40.5. The molecule has 0 aromatic rings. The molecule has 0 aromatic heterocycles. The molecule has 3 N–H and O–H groups in total. The normalized spacial score (nSPS) is 13.8. The van der Waals surface area contributed by atoms with Gasteiger partial charge in [-0.15, -0.1) is 0 Å². The quantitative estimate of drug-likeness (QED) is 0.0308. The van der Waals surface area contributed by atoms with Gasteiger partial charge in [-0.25, -0.2) is 4.57 Å². The van der Waals surface area contributed by atoms with Crippen molar-refractivity contribution in [2.75, 3.05) is 26.4 Å². The fourth-order valence-corrected chi connectivity index (χ4v) is 7.55. The minimum atomic E-state index is -4.62. The van der Waals surface area contributed by atoms with Gasteiger partial charge < -0.3 is 24.6 Å². The molecule has 0 rings (SSSR count). The number of hydrogen-bond acceptors (Lipinski definition) is 9. The van der Waals surface area contributed by atoms with Gasteiger partial charge in [-0.2, -0.15) is 0 Å². The number of hydrogen-bond donors (Lipinski definition) is 3. The maximum atomic E-state index is 12.3. The van der Waals surface area contributed by atoms with Crippen molar-refractivity contribution >= 4 is 19.8 Å². The zero-order valence-corrected chi connectivity index (χ0v) is 36.6. The molecule has 0 saturated heterocycles. The van der Waals surface area contributed by atoms with Crippen LogP contribution >= 0.6 is 7.82 Å². The van der Waals surface area contributed by atoms with Crippen molar-refractivity contribution in [2.24, 2.45) is 0 Å². The smallest absolute Gasteiger partial charge is 0.457 e. The molecule has 55 heavy (non-hydrogen) atoms. The van der Waals surface area contributed by atoms with Crippen LogP contribution in [-0.2, 0) is 32.7 Å². The molecule has 0 spiro atoms. The number of phosphoric acid groups is 1. The lowest BCUT2D eigenvalue weighted by Crippen LogP contribution is -2.28. The molecule has 0 bridgehead atoms. The summed E-state index contributed by atoms with van der Waals surface area (Å²) in [7, 11) is -4.62. The van der Waals surface area contributed by atoms with Crippen molar-refractivity contribution in [1.29, 1.82) is 0 Å². The molecular weight excluding hydrogens is 719 g/mol. The zero-order valence-electron chi connectivity index (χ0n) is 35.7. The Kier molecular flexibility index (Phi) is 40.4. The molecule has 0 aliphatic carbocycles. The Bertz CT molecular complexity index is 889. The van der Waals surface area contributed by atoms with Crippen LogP contribution in [0.4, 0.5) is 0 Å². The summed E-state index contributed by atoms with van der Waals surface area (Å²) < 4.78 is 32.5. The molecule has 0 aliphatic rings. The fraction of sp³-hybridized carbons (Fsp3) is 0.955. The lowest BCUT2D eigenvalue weighted by atomic mass is 10.0. The van der Waals surface area contributed by atoms with E-state index in [-0.39, 0.29) is 12.8 Å². The van der Waals surface area contributed by atoms with E-state index >= 15 is 0 Å². The molecular formula is C44H87O10P. The molecule has 10 nitrogen and oxygen atoms in total. The number of ether oxygens (including phenoxy) is 2. The summed E-state index contributed by atoms with van der Waals surface area (Å²) in [6.07, 6.45) is 38.2. The van der Waals surface area contributed by atoms with Gasteiger partial charge >= 0.3 is 19.8 Å². The number of rotatable bonds is 44. The Labute approximate surface area is 337 Å². The van der Waals surface area contributed by atoms with Gasteiger partial charge in [0.05, 0.1) is 26.4 Å². The lowest BCUT2D eigenvalue weighted by molar-refractivity contribution is -0.153. The number of unbranched alkanes of at least 4 members (excludes halogenated alkanes) is 30. The minimum absolute atomic E-state index is 0.197. The van der Waals surface area contributed by atoms with E-state index in [4.69, 9.17) is 18.5 Å². The van der Waals surface area contributed by atoms with E-state index in [2.05, 4.69) is 13.8 Å². The molecule has 0 fully saturated rings. The predicted molar refractivity (Wildman–Crippen MR) is 224 cm³/mol. The highest BCUT2D eigenvalue weighted by Gasteiger charge is 2.27. The second-order valence-electron chi connectivity index (χ2n) is 15.8. The number of carbonyl (C=O) groups excluding carboxylic acids is 2. The van der Waals surface area contributed by atoms with Gasteiger partial charge in [0.2, 0.25) is 0 Å². The number of aliphatic hydroxyl groups excluding tert-OH is 2. The molecule has 3 unspecified atom stereocenters. The maximum Gasteiger partial charge on any atom is 0.472 e. The van der Waals surface area contributed by atoms with E-state index in [1.807, 2.05) is 0 Å². The first-order valence-electron chi connectivity index (χ1n) is 23.0. The molecule has 0 aliphatic heterocycles. The van der Waals surface area contributed by atoms with E-state index in [0.717, 1.165) is 38.5 Å². The van der Waals surface area contributed by atoms with Crippen LogP contribution in [0.1, 0.15) is 232 Å². The third-order valence-electron chi connectivity index (χ3n) is 10.3. The van der Waals surface area contributed by atoms with Crippen LogP contribution in [0.25, 0.3) is 0 Å². The molecule has 0 aromatic carbocycles. The van der Waals surface area contributed by atoms with Crippen LogP contribution in [-0.4, -0.2) is 65.7 Å². The molecule has 11 heteroatoms. The average Bonchev–Trinajstić information content (AvgIpc) is 3.17. The van der Waals surface area contributed by atoms with E-state index in [1.54, 1.807) is 0 Å². The van der Waals surface area contributed by atoms with Crippen LogP contribution in [0.3, 0.4) is 0 Å². The van der Waals surface area contributed by atoms with Crippen LogP contribution < -0.4 is 0 Å². The predicted octanol–water partition coefficient (Wildman–Crippen LogP) is 12.2. The third-order valence-corrected chi connectivity index (χ3v) is 11.3.